The Balaban J connectivity index is 2.10. The van der Waals surface area contributed by atoms with Gasteiger partial charge in [0.15, 0.2) is 10.8 Å². The van der Waals surface area contributed by atoms with Crippen LogP contribution in [0.4, 0.5) is 0 Å². The van der Waals surface area contributed by atoms with Crippen LogP contribution in [0.25, 0.3) is 11.0 Å². The first kappa shape index (κ1) is 12.0. The van der Waals surface area contributed by atoms with E-state index in [0.29, 0.717) is 12.4 Å². The summed E-state index contributed by atoms with van der Waals surface area (Å²) >= 11 is 1.60. The summed E-state index contributed by atoms with van der Waals surface area (Å²) < 4.78 is 8.12. The summed E-state index contributed by atoms with van der Waals surface area (Å²) in [5.74, 6) is 1.60. The minimum Gasteiger partial charge on any atom is -0.396 e. The molecule has 5 heteroatoms. The van der Waals surface area contributed by atoms with Crippen molar-refractivity contribution in [3.05, 3.63) is 30.1 Å². The van der Waals surface area contributed by atoms with Gasteiger partial charge in [0.1, 0.15) is 0 Å². The molecule has 0 bridgehead atoms. The van der Waals surface area contributed by atoms with Crippen LogP contribution in [0.2, 0.25) is 0 Å². The van der Waals surface area contributed by atoms with Crippen molar-refractivity contribution in [1.82, 2.24) is 9.55 Å². The first-order chi connectivity index (χ1) is 8.74. The fraction of sp³-hybridized carbons (Fsp3) is 0.462. The molecule has 1 aliphatic rings. The molecule has 1 aromatic heterocycles. The van der Waals surface area contributed by atoms with Crippen molar-refractivity contribution < 1.29 is 9.84 Å². The predicted molar refractivity (Wildman–Crippen MR) is 72.6 cm³/mol. The van der Waals surface area contributed by atoms with E-state index in [1.165, 1.54) is 0 Å². The molecule has 0 saturated carbocycles. The van der Waals surface area contributed by atoms with Crippen LogP contribution in [0, 0.1) is 0 Å². The van der Waals surface area contributed by atoms with Crippen LogP contribution in [0.5, 0.6) is 0 Å². The molecule has 1 aromatic carbocycles. The van der Waals surface area contributed by atoms with Gasteiger partial charge in [-0.3, -0.25) is 0 Å². The van der Waals surface area contributed by atoms with Crippen LogP contribution in [0.15, 0.2) is 24.3 Å². The van der Waals surface area contributed by atoms with Crippen LogP contribution in [-0.2, 0) is 16.2 Å². The van der Waals surface area contributed by atoms with Crippen molar-refractivity contribution in [2.45, 2.75) is 18.4 Å². The molecule has 1 unspecified atom stereocenters. The molecular formula is C13H16N2O2S. The van der Waals surface area contributed by atoms with Gasteiger partial charge in [-0.05, 0) is 19.1 Å². The number of rotatable bonds is 3. The normalized spacial score (nSPS) is 23.2. The van der Waals surface area contributed by atoms with Gasteiger partial charge in [0.05, 0.1) is 24.2 Å². The predicted octanol–water partition coefficient (Wildman–Crippen LogP) is 1.96. The van der Waals surface area contributed by atoms with E-state index >= 15 is 0 Å². The molecule has 96 valence electrons. The van der Waals surface area contributed by atoms with Gasteiger partial charge in [-0.1, -0.05) is 12.1 Å². The molecule has 0 fully saturated rings. The number of imidazole rings is 1. The fourth-order valence-corrected chi connectivity index (χ4v) is 3.32. The highest BCUT2D eigenvalue weighted by molar-refractivity contribution is 8.00. The summed E-state index contributed by atoms with van der Waals surface area (Å²) in [5.41, 5.74) is 2.17. The zero-order valence-corrected chi connectivity index (χ0v) is 11.1. The van der Waals surface area contributed by atoms with Crippen LogP contribution < -0.4 is 0 Å². The van der Waals surface area contributed by atoms with Crippen LogP contribution in [0.1, 0.15) is 12.7 Å². The van der Waals surface area contributed by atoms with E-state index in [1.54, 1.807) is 11.8 Å². The Kier molecular flexibility index (Phi) is 3.05. The molecule has 4 nitrogen and oxygen atoms in total. The fourth-order valence-electron chi connectivity index (χ4n) is 2.39. The van der Waals surface area contributed by atoms with Gasteiger partial charge in [0.25, 0.3) is 0 Å². The average Bonchev–Trinajstić information content (AvgIpc) is 2.77. The highest BCUT2D eigenvalue weighted by Crippen LogP contribution is 2.40. The molecule has 2 heterocycles. The van der Waals surface area contributed by atoms with E-state index in [4.69, 9.17) is 14.8 Å². The van der Waals surface area contributed by atoms with Crippen LogP contribution >= 0.6 is 11.8 Å². The Morgan fingerprint density at radius 3 is 3.17 bits per heavy atom. The highest BCUT2D eigenvalue weighted by atomic mass is 32.2. The SMILES string of the molecule is CC1(SCCO)OCCn2c1nc1ccccc12. The maximum absolute atomic E-state index is 9.00. The lowest BCUT2D eigenvalue weighted by atomic mass is 10.3. The molecule has 0 aliphatic carbocycles. The Hall–Kier alpha value is -1.04. The number of aliphatic hydroxyl groups is 1. The summed E-state index contributed by atoms with van der Waals surface area (Å²) in [5, 5.41) is 9.00. The summed E-state index contributed by atoms with van der Waals surface area (Å²) in [4.78, 5) is 4.24. The summed E-state index contributed by atoms with van der Waals surface area (Å²) in [7, 11) is 0. The Labute approximate surface area is 110 Å². The van der Waals surface area contributed by atoms with Crippen molar-refractivity contribution in [3.63, 3.8) is 0 Å². The number of hydrogen-bond donors (Lipinski definition) is 1. The number of para-hydroxylation sites is 2. The smallest absolute Gasteiger partial charge is 0.169 e. The van der Waals surface area contributed by atoms with Crippen molar-refractivity contribution in [2.24, 2.45) is 0 Å². The van der Waals surface area contributed by atoms with Gasteiger partial charge < -0.3 is 14.4 Å². The van der Waals surface area contributed by atoms with Gasteiger partial charge >= 0.3 is 0 Å². The third-order valence-electron chi connectivity index (χ3n) is 3.22. The average molecular weight is 264 g/mol. The second-order valence-electron chi connectivity index (χ2n) is 4.44. The monoisotopic (exact) mass is 264 g/mol. The number of fused-ring (bicyclic) bond motifs is 3. The minimum absolute atomic E-state index is 0.157. The van der Waals surface area contributed by atoms with Crippen LogP contribution in [0.3, 0.4) is 0 Å². The Bertz CT molecular complexity index is 569. The third-order valence-corrected chi connectivity index (χ3v) is 4.46. The quantitative estimate of drug-likeness (QED) is 0.920. The van der Waals surface area contributed by atoms with Gasteiger partial charge in [-0.2, -0.15) is 0 Å². The number of thioether (sulfide) groups is 1. The molecule has 0 radical (unpaired) electrons. The first-order valence-electron chi connectivity index (χ1n) is 6.09. The van der Waals surface area contributed by atoms with E-state index in [0.717, 1.165) is 23.4 Å². The van der Waals surface area contributed by atoms with E-state index in [9.17, 15) is 0 Å². The number of nitrogens with zero attached hydrogens (tertiary/aromatic N) is 2. The molecule has 1 N–H and O–H groups in total. The van der Waals surface area contributed by atoms with Gasteiger partial charge in [0, 0.05) is 12.3 Å². The highest BCUT2D eigenvalue weighted by Gasteiger charge is 2.36. The maximum Gasteiger partial charge on any atom is 0.169 e. The molecular weight excluding hydrogens is 248 g/mol. The van der Waals surface area contributed by atoms with Crippen LogP contribution in [-0.4, -0.2) is 33.6 Å². The van der Waals surface area contributed by atoms with Gasteiger partial charge in [-0.15, -0.1) is 11.8 Å². The number of aliphatic hydroxyl groups excluding tert-OH is 1. The summed E-state index contributed by atoms with van der Waals surface area (Å²) in [6.45, 7) is 3.71. The Morgan fingerprint density at radius 2 is 2.33 bits per heavy atom. The van der Waals surface area contributed by atoms with Gasteiger partial charge in [-0.25, -0.2) is 4.98 Å². The second kappa shape index (κ2) is 4.57. The zero-order valence-electron chi connectivity index (χ0n) is 10.3. The molecule has 3 rings (SSSR count). The van der Waals surface area contributed by atoms with E-state index in [1.807, 2.05) is 25.1 Å². The van der Waals surface area contributed by atoms with E-state index < -0.39 is 4.93 Å². The van der Waals surface area contributed by atoms with Crippen molar-refractivity contribution in [2.75, 3.05) is 19.0 Å². The number of benzene rings is 1. The molecule has 0 amide bonds. The van der Waals surface area contributed by atoms with E-state index in [-0.39, 0.29) is 6.61 Å². The first-order valence-corrected chi connectivity index (χ1v) is 7.08. The number of hydrogen-bond acceptors (Lipinski definition) is 4. The number of aromatic nitrogens is 2. The van der Waals surface area contributed by atoms with Crippen molar-refractivity contribution >= 4 is 22.8 Å². The third kappa shape index (κ3) is 1.83. The standard InChI is InChI=1S/C13H16N2O2S/c1-13(18-9-7-16)12-14-10-4-2-3-5-11(10)15(12)6-8-17-13/h2-5,16H,6-9H2,1H3. The van der Waals surface area contributed by atoms with E-state index in [2.05, 4.69) is 10.6 Å². The minimum atomic E-state index is -0.458. The molecule has 0 spiro atoms. The lowest BCUT2D eigenvalue weighted by Gasteiger charge is -2.33. The van der Waals surface area contributed by atoms with Gasteiger partial charge in [0.2, 0.25) is 0 Å². The molecule has 2 aromatic rings. The summed E-state index contributed by atoms with van der Waals surface area (Å²) in [6, 6.07) is 8.15. The lowest BCUT2D eigenvalue weighted by molar-refractivity contribution is 0.00233. The summed E-state index contributed by atoms with van der Waals surface area (Å²) in [6.07, 6.45) is 0. The zero-order chi connectivity index (χ0) is 12.6. The molecule has 1 atom stereocenters. The maximum atomic E-state index is 9.00. The molecule has 1 aliphatic heterocycles. The second-order valence-corrected chi connectivity index (χ2v) is 5.92. The van der Waals surface area contributed by atoms with Crippen molar-refractivity contribution in [3.8, 4) is 0 Å². The largest absolute Gasteiger partial charge is 0.396 e. The number of ether oxygens (including phenoxy) is 1. The Morgan fingerprint density at radius 1 is 1.50 bits per heavy atom. The molecule has 18 heavy (non-hydrogen) atoms. The topological polar surface area (TPSA) is 47.3 Å². The lowest BCUT2D eigenvalue weighted by Crippen LogP contribution is -2.34. The van der Waals surface area contributed by atoms with Crippen molar-refractivity contribution in [1.29, 1.82) is 0 Å². The molecule has 0 saturated heterocycles.